The Morgan fingerprint density at radius 2 is 1.85 bits per heavy atom. The normalized spacial score (nSPS) is 23.3. The third kappa shape index (κ3) is 3.42. The van der Waals surface area contributed by atoms with E-state index in [0.717, 1.165) is 18.5 Å². The first kappa shape index (κ1) is 17.6. The lowest BCUT2D eigenvalue weighted by atomic mass is 9.93. The minimum absolute atomic E-state index is 0.0620. The lowest BCUT2D eigenvalue weighted by Gasteiger charge is -2.42. The van der Waals surface area contributed by atoms with Crippen LogP contribution in [0.1, 0.15) is 29.6 Å². The van der Waals surface area contributed by atoms with E-state index in [9.17, 15) is 9.59 Å². The molecule has 0 bridgehead atoms. The predicted molar refractivity (Wildman–Crippen MR) is 99.3 cm³/mol. The molecule has 0 saturated carbocycles. The lowest BCUT2D eigenvalue weighted by Crippen LogP contribution is -2.61. The lowest BCUT2D eigenvalue weighted by molar-refractivity contribution is -0.155. The second kappa shape index (κ2) is 7.44. The van der Waals surface area contributed by atoms with Crippen molar-refractivity contribution in [1.82, 2.24) is 14.9 Å². The Bertz CT molecular complexity index is 814. The topological polar surface area (TPSA) is 75.6 Å². The molecule has 1 unspecified atom stereocenters. The predicted octanol–water partition coefficient (Wildman–Crippen LogP) is 1.90. The minimum atomic E-state index is -0.990. The van der Waals surface area contributed by atoms with E-state index in [2.05, 4.69) is 9.97 Å². The molecule has 1 spiro atoms. The second-order valence-electron chi connectivity index (χ2n) is 6.95. The van der Waals surface area contributed by atoms with Gasteiger partial charge in [0.25, 0.3) is 11.8 Å². The van der Waals surface area contributed by atoms with Crippen LogP contribution in [0, 0.1) is 0 Å². The molecule has 3 heterocycles. The molecule has 2 fully saturated rings. The smallest absolute Gasteiger partial charge is 0.261 e. The summed E-state index contributed by atoms with van der Waals surface area (Å²) >= 11 is 0. The molecule has 7 nitrogen and oxygen atoms in total. The first-order valence-electron chi connectivity index (χ1n) is 9.25. The van der Waals surface area contributed by atoms with Gasteiger partial charge in [0, 0.05) is 31.2 Å². The molecule has 0 aliphatic carbocycles. The first-order chi connectivity index (χ1) is 13.2. The maximum Gasteiger partial charge on any atom is 0.261 e. The van der Waals surface area contributed by atoms with Crippen molar-refractivity contribution in [3.63, 3.8) is 0 Å². The maximum atomic E-state index is 13.5. The fourth-order valence-corrected chi connectivity index (χ4v) is 3.82. The van der Waals surface area contributed by atoms with Gasteiger partial charge in [-0.15, -0.1) is 0 Å². The average molecular weight is 366 g/mol. The van der Waals surface area contributed by atoms with Crippen LogP contribution in [0.5, 0.6) is 0 Å². The number of amides is 2. The third-order valence-electron chi connectivity index (χ3n) is 5.20. The highest BCUT2D eigenvalue weighted by molar-refractivity contribution is 6.01. The van der Waals surface area contributed by atoms with Crippen LogP contribution in [-0.4, -0.2) is 58.5 Å². The minimum Gasteiger partial charge on any atom is -0.361 e. The van der Waals surface area contributed by atoms with Gasteiger partial charge in [-0.05, 0) is 31.4 Å². The number of nitrogens with zero attached hydrogens (tertiary/aromatic N) is 4. The summed E-state index contributed by atoms with van der Waals surface area (Å²) in [5.41, 5.74) is 0.304. The molecule has 2 amide bonds. The van der Waals surface area contributed by atoms with E-state index in [1.54, 1.807) is 9.80 Å². The molecule has 2 aliphatic rings. The number of anilines is 1. The summed E-state index contributed by atoms with van der Waals surface area (Å²) in [6.45, 7) is 1.71. The maximum absolute atomic E-state index is 13.5. The van der Waals surface area contributed by atoms with E-state index in [-0.39, 0.29) is 18.4 Å². The number of rotatable bonds is 2. The van der Waals surface area contributed by atoms with E-state index in [1.807, 2.05) is 30.3 Å². The monoisotopic (exact) mass is 366 g/mol. The van der Waals surface area contributed by atoms with Gasteiger partial charge >= 0.3 is 0 Å². The third-order valence-corrected chi connectivity index (χ3v) is 5.20. The molecule has 140 valence electrons. The van der Waals surface area contributed by atoms with Crippen molar-refractivity contribution >= 4 is 17.5 Å². The number of carbonyl (C=O) groups excluding carboxylic acids is 2. The van der Waals surface area contributed by atoms with Crippen molar-refractivity contribution in [3.8, 4) is 0 Å². The molecule has 1 aromatic carbocycles. The number of hydrogen-bond acceptors (Lipinski definition) is 5. The van der Waals surface area contributed by atoms with Gasteiger partial charge in [0.2, 0.25) is 0 Å². The van der Waals surface area contributed by atoms with Crippen LogP contribution in [-0.2, 0) is 9.53 Å². The number of aromatic nitrogens is 2. The van der Waals surface area contributed by atoms with Crippen LogP contribution in [0.25, 0.3) is 0 Å². The molecular formula is C20H22N4O3. The van der Waals surface area contributed by atoms with Crippen molar-refractivity contribution < 1.29 is 14.3 Å². The summed E-state index contributed by atoms with van der Waals surface area (Å²) in [5.74, 6) is -0.227. The van der Waals surface area contributed by atoms with Gasteiger partial charge in [0.05, 0.1) is 18.7 Å². The Balaban J connectivity index is 1.60. The average Bonchev–Trinajstić information content (AvgIpc) is 2.88. The van der Waals surface area contributed by atoms with Crippen LogP contribution < -0.4 is 4.90 Å². The van der Waals surface area contributed by atoms with Crippen molar-refractivity contribution in [2.45, 2.75) is 24.9 Å². The van der Waals surface area contributed by atoms with Gasteiger partial charge in [-0.2, -0.15) is 0 Å². The molecule has 2 aliphatic heterocycles. The van der Waals surface area contributed by atoms with Crippen LogP contribution in [0.15, 0.2) is 49.1 Å². The van der Waals surface area contributed by atoms with E-state index < -0.39 is 5.60 Å². The summed E-state index contributed by atoms with van der Waals surface area (Å²) in [7, 11) is 0. The summed E-state index contributed by atoms with van der Waals surface area (Å²) in [6.07, 6.45) is 6.80. The molecule has 2 saturated heterocycles. The largest absolute Gasteiger partial charge is 0.361 e. The van der Waals surface area contributed by atoms with Crippen molar-refractivity contribution in [3.05, 3.63) is 54.6 Å². The molecule has 27 heavy (non-hydrogen) atoms. The highest BCUT2D eigenvalue weighted by atomic mass is 16.5. The Hall–Kier alpha value is -2.80. The number of benzene rings is 1. The van der Waals surface area contributed by atoms with Gasteiger partial charge in [-0.25, -0.2) is 9.97 Å². The number of carbonyl (C=O) groups is 2. The Labute approximate surface area is 158 Å². The number of hydrogen-bond donors (Lipinski definition) is 0. The zero-order valence-corrected chi connectivity index (χ0v) is 15.1. The molecule has 4 rings (SSSR count). The summed E-state index contributed by atoms with van der Waals surface area (Å²) in [4.78, 5) is 37.6. The van der Waals surface area contributed by atoms with E-state index in [4.69, 9.17) is 4.74 Å². The number of para-hydroxylation sites is 1. The molecule has 1 atom stereocenters. The Morgan fingerprint density at radius 3 is 2.63 bits per heavy atom. The van der Waals surface area contributed by atoms with E-state index >= 15 is 0 Å². The molecule has 0 N–H and O–H groups in total. The van der Waals surface area contributed by atoms with Gasteiger partial charge in [-0.3, -0.25) is 9.59 Å². The zero-order chi connectivity index (χ0) is 18.7. The van der Waals surface area contributed by atoms with Gasteiger partial charge < -0.3 is 14.5 Å². The summed E-state index contributed by atoms with van der Waals surface area (Å²) in [6, 6.07) is 9.65. The Kier molecular flexibility index (Phi) is 4.85. The Morgan fingerprint density at radius 1 is 1.07 bits per heavy atom. The fourth-order valence-electron chi connectivity index (χ4n) is 3.82. The van der Waals surface area contributed by atoms with Gasteiger partial charge in [-0.1, -0.05) is 18.2 Å². The van der Waals surface area contributed by atoms with Gasteiger partial charge in [0.1, 0.15) is 6.33 Å². The van der Waals surface area contributed by atoms with Crippen LogP contribution in [0.3, 0.4) is 0 Å². The highest BCUT2D eigenvalue weighted by Gasteiger charge is 2.48. The highest BCUT2D eigenvalue weighted by Crippen LogP contribution is 2.32. The van der Waals surface area contributed by atoms with Crippen molar-refractivity contribution in [2.24, 2.45) is 0 Å². The van der Waals surface area contributed by atoms with Crippen molar-refractivity contribution in [1.29, 1.82) is 0 Å². The van der Waals surface area contributed by atoms with Gasteiger partial charge in [0.15, 0.2) is 5.60 Å². The molecule has 0 radical (unpaired) electrons. The molecular weight excluding hydrogens is 344 g/mol. The second-order valence-corrected chi connectivity index (χ2v) is 6.95. The SMILES string of the molecule is O=C(c1cncnc1)N1CCOC2(CCCCN(c3ccccc3)C2=O)C1. The fraction of sp³-hybridized carbons (Fsp3) is 0.400. The quantitative estimate of drug-likeness (QED) is 0.811. The standard InChI is InChI=1S/C20H22N4O3/c25-18(16-12-21-15-22-13-16)23-10-11-27-20(14-23)8-4-5-9-24(19(20)26)17-6-2-1-3-7-17/h1-3,6-7,12-13,15H,4-5,8-11,14H2. The molecule has 7 heteroatoms. The summed E-state index contributed by atoms with van der Waals surface area (Å²) < 4.78 is 6.05. The molecule has 2 aromatic rings. The van der Waals surface area contributed by atoms with Crippen LogP contribution in [0.4, 0.5) is 5.69 Å². The van der Waals surface area contributed by atoms with Crippen molar-refractivity contribution in [2.75, 3.05) is 31.1 Å². The number of morpholine rings is 1. The number of ether oxygens (including phenoxy) is 1. The van der Waals surface area contributed by atoms with E-state index in [1.165, 1.54) is 18.7 Å². The first-order valence-corrected chi connectivity index (χ1v) is 9.25. The molecule has 1 aromatic heterocycles. The van der Waals surface area contributed by atoms with E-state index in [0.29, 0.717) is 31.7 Å². The van der Waals surface area contributed by atoms with Crippen LogP contribution in [0.2, 0.25) is 0 Å². The van der Waals surface area contributed by atoms with Crippen LogP contribution >= 0.6 is 0 Å². The summed E-state index contributed by atoms with van der Waals surface area (Å²) in [5, 5.41) is 0. The zero-order valence-electron chi connectivity index (χ0n) is 15.1.